The van der Waals surface area contributed by atoms with Crippen molar-refractivity contribution in [2.75, 3.05) is 31.8 Å². The summed E-state index contributed by atoms with van der Waals surface area (Å²) in [6.07, 6.45) is 0. The average molecular weight is 413 g/mol. The van der Waals surface area contributed by atoms with Gasteiger partial charge in [-0.25, -0.2) is 4.79 Å². The number of nitrogens with one attached hydrogen (secondary N) is 1. The molecule has 8 heteroatoms. The van der Waals surface area contributed by atoms with Gasteiger partial charge in [0, 0.05) is 18.4 Å². The molecule has 0 unspecified atom stereocenters. The number of carbonyl (C=O) groups is 1. The Balaban J connectivity index is 1.85. The summed E-state index contributed by atoms with van der Waals surface area (Å²) in [5.41, 5.74) is 1.35. The molecular weight excluding hydrogens is 395 g/mol. The molecule has 0 saturated carbocycles. The van der Waals surface area contributed by atoms with Crippen molar-refractivity contribution in [3.8, 4) is 11.5 Å². The summed E-state index contributed by atoms with van der Waals surface area (Å²) in [5, 5.41) is 3.47. The molecule has 138 valence electrons. The number of amides is 2. The van der Waals surface area contributed by atoms with Gasteiger partial charge in [-0.15, -0.1) is 11.8 Å². The molecule has 1 heterocycles. The fourth-order valence-electron chi connectivity index (χ4n) is 2.72. The third-order valence-electron chi connectivity index (χ3n) is 4.01. The van der Waals surface area contributed by atoms with E-state index in [4.69, 9.17) is 32.7 Å². The summed E-state index contributed by atoms with van der Waals surface area (Å²) in [5.74, 6) is 2.19. The molecule has 1 aliphatic rings. The van der Waals surface area contributed by atoms with Crippen molar-refractivity contribution in [1.29, 1.82) is 0 Å². The summed E-state index contributed by atoms with van der Waals surface area (Å²) in [6, 6.07) is 10.5. The molecule has 0 aromatic heterocycles. The van der Waals surface area contributed by atoms with Crippen LogP contribution in [0.4, 0.5) is 10.5 Å². The Bertz CT molecular complexity index is 777. The Morgan fingerprint density at radius 3 is 2.35 bits per heavy atom. The Labute approximate surface area is 166 Å². The van der Waals surface area contributed by atoms with Crippen LogP contribution < -0.4 is 14.8 Å². The van der Waals surface area contributed by atoms with Gasteiger partial charge in [0.25, 0.3) is 0 Å². The van der Waals surface area contributed by atoms with Gasteiger partial charge in [0.2, 0.25) is 0 Å². The standard InChI is InChI=1S/C18H18Cl2N2O3S/c1-24-12-8-11(9-13(10-12)25-2)17-22(6-7-26-17)18(23)21-16-14(19)4-3-5-15(16)20/h3-5,8-10,17H,6-7H2,1-2H3,(H,21,23)/t17-/m1/s1. The van der Waals surface area contributed by atoms with Crippen molar-refractivity contribution >= 4 is 46.7 Å². The van der Waals surface area contributed by atoms with Gasteiger partial charge in [-0.05, 0) is 29.8 Å². The topological polar surface area (TPSA) is 50.8 Å². The van der Waals surface area contributed by atoms with E-state index in [0.29, 0.717) is 33.8 Å². The molecule has 1 saturated heterocycles. The van der Waals surface area contributed by atoms with Gasteiger partial charge in [-0.2, -0.15) is 0 Å². The number of para-hydroxylation sites is 1. The summed E-state index contributed by atoms with van der Waals surface area (Å²) in [6.45, 7) is 0.614. The maximum Gasteiger partial charge on any atom is 0.323 e. The summed E-state index contributed by atoms with van der Waals surface area (Å²) in [7, 11) is 3.20. The zero-order valence-electron chi connectivity index (χ0n) is 14.3. The minimum Gasteiger partial charge on any atom is -0.497 e. The summed E-state index contributed by atoms with van der Waals surface area (Å²) >= 11 is 14.0. The second kappa shape index (κ2) is 8.29. The number of anilines is 1. The molecule has 1 N–H and O–H groups in total. The van der Waals surface area contributed by atoms with E-state index >= 15 is 0 Å². The Morgan fingerprint density at radius 1 is 1.15 bits per heavy atom. The van der Waals surface area contributed by atoms with Gasteiger partial charge in [0.1, 0.15) is 16.9 Å². The van der Waals surface area contributed by atoms with E-state index in [1.165, 1.54) is 0 Å². The SMILES string of the molecule is COc1cc(OC)cc([C@H]2SCCN2C(=O)Nc2c(Cl)cccc2Cl)c1. The lowest BCUT2D eigenvalue weighted by atomic mass is 10.2. The highest BCUT2D eigenvalue weighted by Crippen LogP contribution is 2.41. The van der Waals surface area contributed by atoms with Crippen LogP contribution in [0.25, 0.3) is 0 Å². The van der Waals surface area contributed by atoms with Crippen LogP contribution in [0.5, 0.6) is 11.5 Å². The first-order valence-electron chi connectivity index (χ1n) is 7.89. The molecule has 0 bridgehead atoms. The molecule has 3 rings (SSSR count). The van der Waals surface area contributed by atoms with E-state index < -0.39 is 0 Å². The Kier molecular flexibility index (Phi) is 6.06. The van der Waals surface area contributed by atoms with Crippen LogP contribution in [0.1, 0.15) is 10.9 Å². The predicted octanol–water partition coefficient (Wildman–Crippen LogP) is 5.29. The van der Waals surface area contributed by atoms with E-state index in [0.717, 1.165) is 11.3 Å². The lowest BCUT2D eigenvalue weighted by Crippen LogP contribution is -2.34. The highest BCUT2D eigenvalue weighted by atomic mass is 35.5. The van der Waals surface area contributed by atoms with Crippen LogP contribution in [0.3, 0.4) is 0 Å². The molecule has 0 radical (unpaired) electrons. The maximum absolute atomic E-state index is 12.8. The number of urea groups is 1. The fraction of sp³-hybridized carbons (Fsp3) is 0.278. The fourth-order valence-corrected chi connectivity index (χ4v) is 4.45. The molecule has 1 fully saturated rings. The first kappa shape index (κ1) is 19.0. The lowest BCUT2D eigenvalue weighted by molar-refractivity contribution is 0.214. The van der Waals surface area contributed by atoms with Gasteiger partial charge in [0.15, 0.2) is 0 Å². The summed E-state index contributed by atoms with van der Waals surface area (Å²) in [4.78, 5) is 14.6. The number of rotatable bonds is 4. The molecule has 5 nitrogen and oxygen atoms in total. The quantitative estimate of drug-likeness (QED) is 0.740. The molecule has 0 aliphatic carbocycles. The van der Waals surface area contributed by atoms with Gasteiger partial charge in [0.05, 0.1) is 30.0 Å². The zero-order valence-corrected chi connectivity index (χ0v) is 16.6. The molecule has 2 aromatic carbocycles. The first-order valence-corrected chi connectivity index (χ1v) is 9.70. The van der Waals surface area contributed by atoms with E-state index in [1.807, 2.05) is 12.1 Å². The number of methoxy groups -OCH3 is 2. The zero-order chi connectivity index (χ0) is 18.7. The van der Waals surface area contributed by atoms with E-state index in [9.17, 15) is 4.79 Å². The van der Waals surface area contributed by atoms with Gasteiger partial charge < -0.3 is 19.7 Å². The van der Waals surface area contributed by atoms with Crippen LogP contribution >= 0.6 is 35.0 Å². The van der Waals surface area contributed by atoms with Gasteiger partial charge in [-0.1, -0.05) is 29.3 Å². The van der Waals surface area contributed by atoms with Crippen molar-refractivity contribution in [3.63, 3.8) is 0 Å². The monoisotopic (exact) mass is 412 g/mol. The Morgan fingerprint density at radius 2 is 1.77 bits per heavy atom. The number of benzene rings is 2. The van der Waals surface area contributed by atoms with Gasteiger partial charge in [-0.3, -0.25) is 0 Å². The van der Waals surface area contributed by atoms with Crippen molar-refractivity contribution in [2.45, 2.75) is 5.37 Å². The molecule has 0 spiro atoms. The second-order valence-corrected chi connectivity index (χ2v) is 7.59. The van der Waals surface area contributed by atoms with Crippen LogP contribution in [0.2, 0.25) is 10.0 Å². The normalized spacial score (nSPS) is 16.5. The highest BCUT2D eigenvalue weighted by molar-refractivity contribution is 7.99. The second-order valence-electron chi connectivity index (χ2n) is 5.59. The van der Waals surface area contributed by atoms with Crippen LogP contribution in [0.15, 0.2) is 36.4 Å². The maximum atomic E-state index is 12.8. The molecule has 1 atom stereocenters. The van der Waals surface area contributed by atoms with E-state index in [1.54, 1.807) is 55.1 Å². The van der Waals surface area contributed by atoms with Gasteiger partial charge >= 0.3 is 6.03 Å². The number of hydrogen-bond acceptors (Lipinski definition) is 4. The van der Waals surface area contributed by atoms with Crippen LogP contribution in [-0.4, -0.2) is 37.4 Å². The van der Waals surface area contributed by atoms with E-state index in [-0.39, 0.29) is 11.4 Å². The number of halogens is 2. The van der Waals surface area contributed by atoms with Crippen molar-refractivity contribution in [2.24, 2.45) is 0 Å². The van der Waals surface area contributed by atoms with E-state index in [2.05, 4.69) is 5.32 Å². The summed E-state index contributed by atoms with van der Waals surface area (Å²) < 4.78 is 10.7. The minimum atomic E-state index is -0.253. The highest BCUT2D eigenvalue weighted by Gasteiger charge is 2.32. The number of ether oxygens (including phenoxy) is 2. The molecule has 26 heavy (non-hydrogen) atoms. The molecular formula is C18H18Cl2N2O3S. The average Bonchev–Trinajstić information content (AvgIpc) is 3.14. The number of carbonyl (C=O) groups excluding carboxylic acids is 1. The third-order valence-corrected chi connectivity index (χ3v) is 5.90. The predicted molar refractivity (Wildman–Crippen MR) is 107 cm³/mol. The lowest BCUT2D eigenvalue weighted by Gasteiger charge is -2.25. The van der Waals surface area contributed by atoms with Crippen molar-refractivity contribution in [1.82, 2.24) is 4.90 Å². The number of thioether (sulfide) groups is 1. The van der Waals surface area contributed by atoms with Crippen molar-refractivity contribution < 1.29 is 14.3 Å². The van der Waals surface area contributed by atoms with Crippen LogP contribution in [0, 0.1) is 0 Å². The molecule has 2 amide bonds. The Hall–Kier alpha value is -1.76. The molecule has 2 aromatic rings. The first-order chi connectivity index (χ1) is 12.5. The number of nitrogens with zero attached hydrogens (tertiary/aromatic N) is 1. The smallest absolute Gasteiger partial charge is 0.323 e. The number of hydrogen-bond donors (Lipinski definition) is 1. The van der Waals surface area contributed by atoms with Crippen LogP contribution in [-0.2, 0) is 0 Å². The van der Waals surface area contributed by atoms with Crippen molar-refractivity contribution in [3.05, 3.63) is 52.0 Å². The minimum absolute atomic E-state index is 0.153. The molecule has 1 aliphatic heterocycles. The third kappa shape index (κ3) is 3.98. The largest absolute Gasteiger partial charge is 0.497 e.